The van der Waals surface area contributed by atoms with E-state index in [1.165, 1.54) is 22.3 Å². The number of rotatable bonds is 2. The molecule has 0 aliphatic heterocycles. The zero-order chi connectivity index (χ0) is 30.8. The molecule has 0 N–H and O–H groups in total. The van der Waals surface area contributed by atoms with Crippen molar-refractivity contribution in [1.29, 1.82) is 0 Å². The SMILES string of the molecule is Cc1[c]([RaH])[c]([RaH])c2c(oc3[c]([RaH])c(N(C)c4[c]([RaH])[c]([RaH])c5c(oc6[c]([RaH])c(C)[c]([RaH])[c]([RaH])c65)[c]4[RaH])[c]([RaH])[c]([RaH])c32)[c]1[RaH]. The summed E-state index contributed by atoms with van der Waals surface area (Å²) in [5.74, 6) is 0. The van der Waals surface area contributed by atoms with Crippen LogP contribution in [0.25, 0.3) is 43.9 Å². The Hall–Kier alpha value is 13.9. The maximum absolute atomic E-state index is 7.09. The normalized spacial score (nSPS) is 11.6. The number of fused-ring (bicyclic) bond motifs is 6. The molecule has 6 aromatic rings. The molecule has 0 bridgehead atoms. The fourth-order valence-corrected chi connectivity index (χ4v) is 82.2. The molecule has 0 fully saturated rings. The molecular weight excluding hydrogens is 3080 g/mol. The van der Waals surface area contributed by atoms with Crippen LogP contribution in [0, 0.1) is 527 Å². The second-order valence-corrected chi connectivity index (χ2v) is 62.3. The number of nitrogens with zero attached hydrogens (tertiary/aromatic N) is 1. The number of hydrogen-bond donors (Lipinski definition) is 0. The van der Waals surface area contributed by atoms with Crippen molar-refractivity contribution in [2.45, 2.75) is 13.8 Å². The summed E-state index contributed by atoms with van der Waals surface area (Å²) >= 11 is 3.60. The molecule has 4 aromatic carbocycles. The minimum atomic E-state index is 0.177. The van der Waals surface area contributed by atoms with E-state index in [1.54, 1.807) is 46.5 Å². The molecule has 0 aliphatic carbocycles. The van der Waals surface area contributed by atoms with Crippen LogP contribution in [-0.2, 0) is 0 Å². The Labute approximate surface area is 597 Å². The summed E-state index contributed by atoms with van der Waals surface area (Å²) in [5.41, 5.74) is 12.1. The van der Waals surface area contributed by atoms with Crippen LogP contribution in [0.1, 0.15) is 11.1 Å². The van der Waals surface area contributed by atoms with Gasteiger partial charge < -0.3 is 0 Å². The molecule has 3 nitrogen and oxygen atoms in total. The van der Waals surface area contributed by atoms with Gasteiger partial charge >= 0.3 is 622 Å². The van der Waals surface area contributed by atoms with Crippen LogP contribution >= 0.6 is 0 Å². The second kappa shape index (κ2) is 19.3. The average Bonchev–Trinajstić information content (AvgIpc) is 3.56. The Morgan fingerprint density at radius 1 is 0.357 bits per heavy atom. The van der Waals surface area contributed by atoms with Crippen LogP contribution < -0.4 is 12.2 Å². The monoisotopic (exact) mass is 3100 g/mol. The third kappa shape index (κ3) is 8.41. The van der Waals surface area contributed by atoms with Gasteiger partial charge in [-0.3, -0.25) is 0 Å². The number of furan rings is 2. The molecule has 0 spiro atoms. The molecule has 6 rings (SSSR count). The number of anilines is 2. The first-order chi connectivity index (χ1) is 19.6. The van der Waals surface area contributed by atoms with E-state index in [4.69, 9.17) is 8.83 Å². The van der Waals surface area contributed by atoms with E-state index < -0.39 is 0 Å². The molecule has 0 radical (unpaired) electrons. The maximum atomic E-state index is 7.09. The van der Waals surface area contributed by atoms with Gasteiger partial charge in [0.15, 0.2) is 0 Å². The first-order valence-corrected chi connectivity index (χ1v) is 64.5. The van der Waals surface area contributed by atoms with Gasteiger partial charge in [-0.15, -0.1) is 0 Å². The third-order valence-electron chi connectivity index (χ3n) is 11.3. The topological polar surface area (TPSA) is 29.5 Å². The fourth-order valence-electron chi connectivity index (χ4n) is 7.82. The first kappa shape index (κ1) is 45.4. The summed E-state index contributed by atoms with van der Waals surface area (Å²) < 4.78 is 35.5. The molecule has 15 heteroatoms. The van der Waals surface area contributed by atoms with Gasteiger partial charge in [0.2, 0.25) is 0 Å². The van der Waals surface area contributed by atoms with Crippen LogP contribution in [0.5, 0.6) is 0 Å². The molecule has 0 unspecified atom stereocenters. The van der Waals surface area contributed by atoms with Crippen LogP contribution in [0.15, 0.2) is 8.83 Å². The molecule has 2 aromatic heterocycles. The number of benzene rings is 4. The summed E-state index contributed by atoms with van der Waals surface area (Å²) in [7, 11) is 2.47. The molecular formula is C27H21NO2Ra12. The van der Waals surface area contributed by atoms with Crippen LogP contribution in [0.3, 0.4) is 0 Å². The standard InChI is InChI=1S/C27H9NO2.12Ra.12H/c1-16-4-8-20-22-10-6-18(14-26(22)29-24(20)12-16)28(3)19-7-11-23-21-9-5-17(2)13-25(21)30-27(23)15-19;;;;;;;;;;;;;;;;;;;;;;;;/h1-3H3;;;;;;;;;;;;;;;;;;;;;;;;. The quantitative estimate of drug-likeness (QED) is 0.174. The molecule has 42 heavy (non-hydrogen) atoms. The second-order valence-electron chi connectivity index (χ2n) is 13.0. The van der Waals surface area contributed by atoms with E-state index >= 15 is 0 Å². The van der Waals surface area contributed by atoms with Crippen molar-refractivity contribution in [2.24, 2.45) is 0 Å². The van der Waals surface area contributed by atoms with Gasteiger partial charge in [0.1, 0.15) is 0 Å². The van der Waals surface area contributed by atoms with E-state index in [0.717, 1.165) is 0 Å². The Bertz CT molecular complexity index is 2060. The molecule has 0 saturated heterocycles. The van der Waals surface area contributed by atoms with Crippen molar-refractivity contribution in [1.82, 2.24) is 0 Å². The zero-order valence-corrected chi connectivity index (χ0v) is 127. The zero-order valence-electron chi connectivity index (χ0n) is 28.3. The fraction of sp³-hybridized carbons (Fsp3) is 0.111. The van der Waals surface area contributed by atoms with Gasteiger partial charge in [0.25, 0.3) is 0 Å². The van der Waals surface area contributed by atoms with Crippen LogP contribution in [0.2, 0.25) is 0 Å². The Kier molecular flexibility index (Phi) is 20.9. The van der Waals surface area contributed by atoms with E-state index in [-0.39, 0.29) is 257 Å². The van der Waals surface area contributed by atoms with Crippen molar-refractivity contribution < 1.29 is 522 Å². The van der Waals surface area contributed by atoms with Gasteiger partial charge in [-0.1, -0.05) is 0 Å². The summed E-state index contributed by atoms with van der Waals surface area (Å²) in [4.78, 5) is 2.77. The van der Waals surface area contributed by atoms with Crippen molar-refractivity contribution in [3.05, 3.63) is 11.1 Å². The summed E-state index contributed by atoms with van der Waals surface area (Å²) in [6.45, 7) is 4.86. The molecule has 0 atom stereocenters. The summed E-state index contributed by atoms with van der Waals surface area (Å²) in [6.07, 6.45) is 0. The van der Waals surface area contributed by atoms with Gasteiger partial charge in [-0.2, -0.15) is 0 Å². The first-order valence-electron chi connectivity index (χ1n) is 15.2. The van der Waals surface area contributed by atoms with E-state index in [9.17, 15) is 0 Å². The number of hydrogen-bond acceptors (Lipinski definition) is 3. The summed E-state index contributed by atoms with van der Waals surface area (Å²) in [5, 5.41) is 6.66. The Morgan fingerprint density at radius 2 is 0.619 bits per heavy atom. The average molecular weight is 3100 g/mol. The molecule has 2 heterocycles. The van der Waals surface area contributed by atoms with Gasteiger partial charge in [-0.25, -0.2) is 0 Å². The molecule has 0 saturated carbocycles. The predicted molar refractivity (Wildman–Crippen MR) is 137 cm³/mol. The van der Waals surface area contributed by atoms with Crippen molar-refractivity contribution in [3.63, 3.8) is 0 Å². The van der Waals surface area contributed by atoms with Gasteiger partial charge in [0.05, 0.1) is 0 Å². The molecule has 0 aliphatic rings. The molecule has 170 valence electrons. The van der Waals surface area contributed by atoms with E-state index in [0.29, 0.717) is 257 Å². The Morgan fingerprint density at radius 3 is 0.929 bits per heavy atom. The van der Waals surface area contributed by atoms with Gasteiger partial charge in [0, 0.05) is 0 Å². The van der Waals surface area contributed by atoms with E-state index in [1.807, 2.05) is 4.83 Å². The van der Waals surface area contributed by atoms with Crippen LogP contribution in [0.4, 0.5) is 11.4 Å². The predicted octanol–water partition coefficient (Wildman–Crippen LogP) is -5.25. The summed E-state index contributed by atoms with van der Waals surface area (Å²) in [6, 6.07) is 0. The minimum absolute atomic E-state index is 0.177. The molecule has 0 amide bonds. The van der Waals surface area contributed by atoms with E-state index in [2.05, 4.69) is 25.8 Å². The van der Waals surface area contributed by atoms with Gasteiger partial charge in [-0.05, 0) is 0 Å². The van der Waals surface area contributed by atoms with Crippen molar-refractivity contribution in [3.8, 4) is 0 Å². The van der Waals surface area contributed by atoms with Crippen molar-refractivity contribution in [2.75, 3.05) is 11.9 Å². The van der Waals surface area contributed by atoms with Crippen LogP contribution in [-0.4, -0.2) is 7.05 Å². The van der Waals surface area contributed by atoms with Crippen molar-refractivity contribution >= 4 is 62.5 Å². The Balaban J connectivity index is 1.69. The third-order valence-corrected chi connectivity index (χ3v) is 139.